The summed E-state index contributed by atoms with van der Waals surface area (Å²) in [5.74, 6) is -0.000732. The number of furan rings is 1. The first kappa shape index (κ1) is 11.6. The predicted octanol–water partition coefficient (Wildman–Crippen LogP) is 3.81. The van der Waals surface area contributed by atoms with Gasteiger partial charge in [0, 0.05) is 5.56 Å². The van der Waals surface area contributed by atoms with E-state index >= 15 is 0 Å². The van der Waals surface area contributed by atoms with E-state index in [1.165, 1.54) is 18.1 Å². The van der Waals surface area contributed by atoms with Crippen LogP contribution in [-0.4, -0.2) is 5.78 Å². The molecule has 88 valence electrons. The molecule has 0 N–H and O–H groups in total. The second kappa shape index (κ2) is 4.21. The highest BCUT2D eigenvalue weighted by Crippen LogP contribution is 2.22. The van der Waals surface area contributed by atoms with E-state index in [0.29, 0.717) is 11.1 Å². The molecule has 0 aliphatic carbocycles. The first-order valence-corrected chi connectivity index (χ1v) is 5.66. The lowest BCUT2D eigenvalue weighted by atomic mass is 9.86. The van der Waals surface area contributed by atoms with Crippen LogP contribution in [-0.2, 0) is 5.41 Å². The average molecular weight is 228 g/mol. The van der Waals surface area contributed by atoms with Gasteiger partial charge in [0.15, 0.2) is 5.78 Å². The number of ketones is 1. The maximum absolute atomic E-state index is 12.0. The van der Waals surface area contributed by atoms with Gasteiger partial charge in [-0.15, -0.1) is 0 Å². The number of rotatable bonds is 2. The minimum atomic E-state index is -0.000732. The Labute approximate surface area is 101 Å². The molecule has 2 aromatic rings. The Morgan fingerprint density at radius 1 is 1.00 bits per heavy atom. The van der Waals surface area contributed by atoms with E-state index < -0.39 is 0 Å². The van der Waals surface area contributed by atoms with Crippen LogP contribution in [0.3, 0.4) is 0 Å². The Morgan fingerprint density at radius 3 is 2.12 bits per heavy atom. The van der Waals surface area contributed by atoms with Gasteiger partial charge in [-0.25, -0.2) is 0 Å². The minimum absolute atomic E-state index is 0.000732. The Kier molecular flexibility index (Phi) is 2.88. The molecule has 0 bridgehead atoms. The van der Waals surface area contributed by atoms with Crippen LogP contribution >= 0.6 is 0 Å². The highest BCUT2D eigenvalue weighted by atomic mass is 16.3. The van der Waals surface area contributed by atoms with Crippen LogP contribution in [0, 0.1) is 0 Å². The SMILES string of the molecule is CC(C)(C)c1ccc(C(=O)c2ccoc2)cc1. The van der Waals surface area contributed by atoms with Gasteiger partial charge in [0.1, 0.15) is 6.26 Å². The zero-order chi connectivity index (χ0) is 12.5. The Hall–Kier alpha value is -1.83. The van der Waals surface area contributed by atoms with Gasteiger partial charge >= 0.3 is 0 Å². The maximum atomic E-state index is 12.0. The summed E-state index contributed by atoms with van der Waals surface area (Å²) in [7, 11) is 0. The van der Waals surface area contributed by atoms with Crippen LogP contribution < -0.4 is 0 Å². The molecule has 0 radical (unpaired) electrons. The van der Waals surface area contributed by atoms with E-state index in [1.54, 1.807) is 6.07 Å². The molecular weight excluding hydrogens is 212 g/mol. The third-order valence-electron chi connectivity index (χ3n) is 2.80. The smallest absolute Gasteiger partial charge is 0.196 e. The number of carbonyl (C=O) groups excluding carboxylic acids is 1. The molecule has 0 saturated carbocycles. The molecule has 0 spiro atoms. The zero-order valence-electron chi connectivity index (χ0n) is 10.4. The van der Waals surface area contributed by atoms with Crippen LogP contribution in [0.5, 0.6) is 0 Å². The molecule has 1 aromatic carbocycles. The fourth-order valence-electron chi connectivity index (χ4n) is 1.68. The molecular formula is C15H16O2. The number of carbonyl (C=O) groups is 1. The van der Waals surface area contributed by atoms with E-state index in [9.17, 15) is 4.79 Å². The summed E-state index contributed by atoms with van der Waals surface area (Å²) < 4.78 is 4.91. The Morgan fingerprint density at radius 2 is 1.65 bits per heavy atom. The van der Waals surface area contributed by atoms with Gasteiger partial charge in [0.25, 0.3) is 0 Å². The molecule has 2 heteroatoms. The first-order valence-electron chi connectivity index (χ1n) is 5.66. The Bertz CT molecular complexity index is 499. The molecule has 1 aromatic heterocycles. The van der Waals surface area contributed by atoms with E-state index in [4.69, 9.17) is 4.42 Å². The lowest BCUT2D eigenvalue weighted by Gasteiger charge is -2.18. The van der Waals surface area contributed by atoms with E-state index in [1.807, 2.05) is 24.3 Å². The summed E-state index contributed by atoms with van der Waals surface area (Å²) in [6.45, 7) is 6.46. The fraction of sp³-hybridized carbons (Fsp3) is 0.267. The van der Waals surface area contributed by atoms with Gasteiger partial charge in [-0.1, -0.05) is 45.0 Å². The summed E-state index contributed by atoms with van der Waals surface area (Å²) in [5.41, 5.74) is 2.62. The number of hydrogen-bond donors (Lipinski definition) is 0. The van der Waals surface area contributed by atoms with Crippen molar-refractivity contribution in [1.82, 2.24) is 0 Å². The molecule has 0 amide bonds. The van der Waals surface area contributed by atoms with Crippen molar-refractivity contribution in [3.05, 3.63) is 59.5 Å². The molecule has 2 rings (SSSR count). The third-order valence-corrected chi connectivity index (χ3v) is 2.80. The molecule has 1 heterocycles. The van der Waals surface area contributed by atoms with Crippen LogP contribution in [0.1, 0.15) is 42.3 Å². The third kappa shape index (κ3) is 2.47. The second-order valence-electron chi connectivity index (χ2n) is 5.17. The lowest BCUT2D eigenvalue weighted by molar-refractivity contribution is 0.103. The van der Waals surface area contributed by atoms with Crippen molar-refractivity contribution in [3.8, 4) is 0 Å². The summed E-state index contributed by atoms with van der Waals surface area (Å²) >= 11 is 0. The van der Waals surface area contributed by atoms with Gasteiger partial charge in [-0.2, -0.15) is 0 Å². The van der Waals surface area contributed by atoms with Crippen molar-refractivity contribution in [2.24, 2.45) is 0 Å². The second-order valence-corrected chi connectivity index (χ2v) is 5.17. The number of hydrogen-bond acceptors (Lipinski definition) is 2. The van der Waals surface area contributed by atoms with Crippen molar-refractivity contribution < 1.29 is 9.21 Å². The van der Waals surface area contributed by atoms with Crippen molar-refractivity contribution in [2.45, 2.75) is 26.2 Å². The van der Waals surface area contributed by atoms with Gasteiger partial charge in [0.2, 0.25) is 0 Å². The topological polar surface area (TPSA) is 30.2 Å². The van der Waals surface area contributed by atoms with Crippen molar-refractivity contribution in [3.63, 3.8) is 0 Å². The van der Waals surface area contributed by atoms with Crippen molar-refractivity contribution in [2.75, 3.05) is 0 Å². The van der Waals surface area contributed by atoms with Gasteiger partial charge < -0.3 is 4.42 Å². The zero-order valence-corrected chi connectivity index (χ0v) is 10.4. The lowest BCUT2D eigenvalue weighted by Crippen LogP contribution is -2.11. The minimum Gasteiger partial charge on any atom is -0.472 e. The quantitative estimate of drug-likeness (QED) is 0.732. The van der Waals surface area contributed by atoms with Crippen LogP contribution in [0.15, 0.2) is 47.3 Å². The normalized spacial score (nSPS) is 11.5. The van der Waals surface area contributed by atoms with E-state index in [0.717, 1.165) is 0 Å². The maximum Gasteiger partial charge on any atom is 0.196 e. The molecule has 0 fully saturated rings. The molecule has 0 aliphatic heterocycles. The van der Waals surface area contributed by atoms with Gasteiger partial charge in [-0.3, -0.25) is 4.79 Å². The van der Waals surface area contributed by atoms with Crippen LogP contribution in [0.4, 0.5) is 0 Å². The largest absolute Gasteiger partial charge is 0.472 e. The molecule has 2 nitrogen and oxygen atoms in total. The molecule has 0 atom stereocenters. The van der Waals surface area contributed by atoms with Crippen LogP contribution in [0.25, 0.3) is 0 Å². The summed E-state index contributed by atoms with van der Waals surface area (Å²) in [4.78, 5) is 12.0. The van der Waals surface area contributed by atoms with Crippen LogP contribution in [0.2, 0.25) is 0 Å². The van der Waals surface area contributed by atoms with E-state index in [-0.39, 0.29) is 11.2 Å². The molecule has 0 aliphatic rings. The standard InChI is InChI=1S/C15H16O2/c1-15(2,3)13-6-4-11(5-7-13)14(16)12-8-9-17-10-12/h4-10H,1-3H3. The molecule has 0 saturated heterocycles. The first-order chi connectivity index (χ1) is 7.98. The monoisotopic (exact) mass is 228 g/mol. The van der Waals surface area contributed by atoms with Gasteiger partial charge in [-0.05, 0) is 17.0 Å². The Balaban J connectivity index is 2.28. The predicted molar refractivity (Wildman–Crippen MR) is 67.3 cm³/mol. The summed E-state index contributed by atoms with van der Waals surface area (Å²) in [6, 6.07) is 9.44. The molecule has 17 heavy (non-hydrogen) atoms. The van der Waals surface area contributed by atoms with Crippen molar-refractivity contribution in [1.29, 1.82) is 0 Å². The highest BCUT2D eigenvalue weighted by Gasteiger charge is 2.15. The fourth-order valence-corrected chi connectivity index (χ4v) is 1.68. The van der Waals surface area contributed by atoms with E-state index in [2.05, 4.69) is 20.8 Å². The highest BCUT2D eigenvalue weighted by molar-refractivity contribution is 6.08. The average Bonchev–Trinajstić information content (AvgIpc) is 2.80. The van der Waals surface area contributed by atoms with Crippen molar-refractivity contribution >= 4 is 5.78 Å². The molecule has 0 unspecified atom stereocenters. The number of benzene rings is 1. The summed E-state index contributed by atoms with van der Waals surface area (Å²) in [5, 5.41) is 0. The van der Waals surface area contributed by atoms with Gasteiger partial charge in [0.05, 0.1) is 11.8 Å². The summed E-state index contributed by atoms with van der Waals surface area (Å²) in [6.07, 6.45) is 2.98.